The summed E-state index contributed by atoms with van der Waals surface area (Å²) in [7, 11) is -1.79. The first-order valence-electron chi connectivity index (χ1n) is 5.45. The van der Waals surface area contributed by atoms with E-state index in [1.165, 1.54) is 10.4 Å². The molecule has 0 unspecified atom stereocenters. The molecule has 2 rings (SSSR count). The third-order valence-corrected chi connectivity index (χ3v) is 4.96. The zero-order chi connectivity index (χ0) is 12.6. The van der Waals surface area contributed by atoms with Gasteiger partial charge in [0.1, 0.15) is 0 Å². The van der Waals surface area contributed by atoms with Crippen molar-refractivity contribution in [3.8, 4) is 6.07 Å². The first-order chi connectivity index (χ1) is 7.96. The molecule has 1 aromatic carbocycles. The van der Waals surface area contributed by atoms with Crippen LogP contribution in [-0.2, 0) is 10.0 Å². The van der Waals surface area contributed by atoms with Gasteiger partial charge < -0.3 is 0 Å². The number of rotatable bonds is 3. The molecule has 0 aliphatic heterocycles. The molecule has 1 saturated carbocycles. The molecule has 1 aliphatic rings. The second-order valence-corrected chi connectivity index (χ2v) is 6.34. The fraction of sp³-hybridized carbons (Fsp3) is 0.417. The predicted molar refractivity (Wildman–Crippen MR) is 63.9 cm³/mol. The monoisotopic (exact) mass is 250 g/mol. The van der Waals surface area contributed by atoms with E-state index in [4.69, 9.17) is 5.26 Å². The molecule has 5 heteroatoms. The lowest BCUT2D eigenvalue weighted by atomic mass is 10.1. The second kappa shape index (κ2) is 4.13. The van der Waals surface area contributed by atoms with Crippen molar-refractivity contribution in [2.75, 3.05) is 7.05 Å². The number of nitrogens with zero attached hydrogens (tertiary/aromatic N) is 2. The number of benzene rings is 1. The Morgan fingerprint density at radius 1 is 1.41 bits per heavy atom. The van der Waals surface area contributed by atoms with Crippen molar-refractivity contribution < 1.29 is 8.42 Å². The molecule has 90 valence electrons. The Bertz CT molecular complexity index is 583. The fourth-order valence-electron chi connectivity index (χ4n) is 1.72. The van der Waals surface area contributed by atoms with E-state index in [1.807, 2.05) is 6.07 Å². The quantitative estimate of drug-likeness (QED) is 0.819. The highest BCUT2D eigenvalue weighted by molar-refractivity contribution is 7.89. The first kappa shape index (κ1) is 12.1. The van der Waals surface area contributed by atoms with Crippen molar-refractivity contribution in [2.45, 2.75) is 30.7 Å². The largest absolute Gasteiger partial charge is 0.243 e. The number of aryl methyl sites for hydroxylation is 1. The Morgan fingerprint density at radius 2 is 2.06 bits per heavy atom. The molecule has 4 nitrogen and oxygen atoms in total. The van der Waals surface area contributed by atoms with Crippen LogP contribution in [-0.4, -0.2) is 25.8 Å². The van der Waals surface area contributed by atoms with Gasteiger partial charge in [-0.05, 0) is 43.5 Å². The van der Waals surface area contributed by atoms with Crippen LogP contribution in [0.1, 0.15) is 24.0 Å². The molecular weight excluding hydrogens is 236 g/mol. The standard InChI is InChI=1S/C12H14N2O2S/c1-9-7-12(6-3-10(9)8-13)17(15,16)14(2)11-4-5-11/h3,6-7,11H,4-5H2,1-2H3. The second-order valence-electron chi connectivity index (χ2n) is 4.34. The number of sulfonamides is 1. The van der Waals surface area contributed by atoms with Crippen molar-refractivity contribution in [3.63, 3.8) is 0 Å². The summed E-state index contributed by atoms with van der Waals surface area (Å²) in [5, 5.41) is 8.81. The molecule has 0 aromatic heterocycles. The SMILES string of the molecule is Cc1cc(S(=O)(=O)N(C)C2CC2)ccc1C#N. The minimum absolute atomic E-state index is 0.149. The van der Waals surface area contributed by atoms with Crippen LogP contribution >= 0.6 is 0 Å². The lowest BCUT2D eigenvalue weighted by Crippen LogP contribution is -2.29. The van der Waals surface area contributed by atoms with Gasteiger partial charge in [-0.1, -0.05) is 0 Å². The third-order valence-electron chi connectivity index (χ3n) is 3.06. The molecule has 1 fully saturated rings. The minimum Gasteiger partial charge on any atom is -0.207 e. The molecule has 0 spiro atoms. The van der Waals surface area contributed by atoms with Gasteiger partial charge in [-0.3, -0.25) is 0 Å². The Labute approximate surface area is 102 Å². The number of hydrogen-bond donors (Lipinski definition) is 0. The molecule has 1 aliphatic carbocycles. The molecule has 17 heavy (non-hydrogen) atoms. The molecule has 0 heterocycles. The van der Waals surface area contributed by atoms with Crippen LogP contribution in [0.5, 0.6) is 0 Å². The Hall–Kier alpha value is -1.38. The van der Waals surface area contributed by atoms with Crippen molar-refractivity contribution in [1.82, 2.24) is 4.31 Å². The molecule has 0 amide bonds. The summed E-state index contributed by atoms with van der Waals surface area (Å²) < 4.78 is 25.8. The van der Waals surface area contributed by atoms with E-state index in [9.17, 15) is 8.42 Å². The fourth-order valence-corrected chi connectivity index (χ4v) is 3.22. The van der Waals surface area contributed by atoms with Crippen molar-refractivity contribution >= 4 is 10.0 Å². The van der Waals surface area contributed by atoms with Crippen LogP contribution < -0.4 is 0 Å². The Morgan fingerprint density at radius 3 is 2.53 bits per heavy atom. The highest BCUT2D eigenvalue weighted by Gasteiger charge is 2.35. The van der Waals surface area contributed by atoms with E-state index >= 15 is 0 Å². The Kier molecular flexibility index (Phi) is 2.94. The van der Waals surface area contributed by atoms with Crippen LogP contribution in [0.2, 0.25) is 0 Å². The smallest absolute Gasteiger partial charge is 0.207 e. The van der Waals surface area contributed by atoms with Gasteiger partial charge in [-0.2, -0.15) is 9.57 Å². The Balaban J connectivity index is 2.40. The average Bonchev–Trinajstić information content (AvgIpc) is 3.11. The van der Waals surface area contributed by atoms with Gasteiger partial charge >= 0.3 is 0 Å². The van der Waals surface area contributed by atoms with E-state index in [-0.39, 0.29) is 10.9 Å². The molecule has 0 saturated heterocycles. The highest BCUT2D eigenvalue weighted by atomic mass is 32.2. The van der Waals surface area contributed by atoms with Crippen LogP contribution in [0.25, 0.3) is 0 Å². The van der Waals surface area contributed by atoms with E-state index in [1.54, 1.807) is 26.1 Å². The summed E-state index contributed by atoms with van der Waals surface area (Å²) in [4.78, 5) is 0.267. The van der Waals surface area contributed by atoms with Gasteiger partial charge in [-0.15, -0.1) is 0 Å². The van der Waals surface area contributed by atoms with Gasteiger partial charge in [0.05, 0.1) is 16.5 Å². The van der Waals surface area contributed by atoms with Gasteiger partial charge in [0.25, 0.3) is 0 Å². The number of hydrogen-bond acceptors (Lipinski definition) is 3. The molecule has 0 bridgehead atoms. The van der Waals surface area contributed by atoms with Crippen LogP contribution in [0.15, 0.2) is 23.1 Å². The first-order valence-corrected chi connectivity index (χ1v) is 6.89. The molecule has 0 N–H and O–H groups in total. The summed E-state index contributed by atoms with van der Waals surface area (Å²) in [5.41, 5.74) is 1.20. The molecular formula is C12H14N2O2S. The van der Waals surface area contributed by atoms with Crippen LogP contribution in [0.3, 0.4) is 0 Å². The van der Waals surface area contributed by atoms with E-state index in [0.29, 0.717) is 11.1 Å². The van der Waals surface area contributed by atoms with E-state index in [2.05, 4.69) is 0 Å². The lowest BCUT2D eigenvalue weighted by molar-refractivity contribution is 0.464. The number of nitriles is 1. The summed E-state index contributed by atoms with van der Waals surface area (Å²) in [6.07, 6.45) is 1.87. The normalized spacial score (nSPS) is 15.9. The maximum absolute atomic E-state index is 12.2. The van der Waals surface area contributed by atoms with Crippen molar-refractivity contribution in [3.05, 3.63) is 29.3 Å². The topological polar surface area (TPSA) is 61.2 Å². The third kappa shape index (κ3) is 2.19. The molecule has 0 atom stereocenters. The predicted octanol–water partition coefficient (Wildman–Crippen LogP) is 1.65. The molecule has 1 aromatic rings. The van der Waals surface area contributed by atoms with E-state index in [0.717, 1.165) is 12.8 Å². The summed E-state index contributed by atoms with van der Waals surface area (Å²) in [5.74, 6) is 0. The maximum Gasteiger partial charge on any atom is 0.243 e. The summed E-state index contributed by atoms with van der Waals surface area (Å²) in [6.45, 7) is 1.74. The van der Waals surface area contributed by atoms with Crippen LogP contribution in [0, 0.1) is 18.3 Å². The minimum atomic E-state index is -3.40. The van der Waals surface area contributed by atoms with Crippen molar-refractivity contribution in [2.24, 2.45) is 0 Å². The van der Waals surface area contributed by atoms with Gasteiger partial charge in [0.15, 0.2) is 0 Å². The van der Waals surface area contributed by atoms with Gasteiger partial charge in [0.2, 0.25) is 10.0 Å². The highest BCUT2D eigenvalue weighted by Crippen LogP contribution is 2.30. The molecule has 0 radical (unpaired) electrons. The van der Waals surface area contributed by atoms with E-state index < -0.39 is 10.0 Å². The van der Waals surface area contributed by atoms with Gasteiger partial charge in [-0.25, -0.2) is 8.42 Å². The summed E-state index contributed by atoms with van der Waals surface area (Å²) >= 11 is 0. The summed E-state index contributed by atoms with van der Waals surface area (Å²) in [6, 6.07) is 6.80. The zero-order valence-electron chi connectivity index (χ0n) is 9.84. The van der Waals surface area contributed by atoms with Crippen molar-refractivity contribution in [1.29, 1.82) is 5.26 Å². The lowest BCUT2D eigenvalue weighted by Gasteiger charge is -2.16. The maximum atomic E-state index is 12.2. The van der Waals surface area contributed by atoms with Crippen LogP contribution in [0.4, 0.5) is 0 Å². The zero-order valence-corrected chi connectivity index (χ0v) is 10.7. The van der Waals surface area contributed by atoms with Gasteiger partial charge in [0, 0.05) is 13.1 Å². The average molecular weight is 250 g/mol.